The number of phenols is 3. The highest BCUT2D eigenvalue weighted by Gasteiger charge is 2.16. The number of nitrogens with one attached hydrogen (secondary N) is 1. The topological polar surface area (TPSA) is 110 Å². The predicted molar refractivity (Wildman–Crippen MR) is 50.9 cm³/mol. The third-order valence-corrected chi connectivity index (χ3v) is 1.77. The third kappa shape index (κ3) is 2.29. The summed E-state index contributed by atoms with van der Waals surface area (Å²) < 4.78 is 0. The molecule has 82 valence electrons. The van der Waals surface area contributed by atoms with Crippen molar-refractivity contribution in [2.24, 2.45) is 0 Å². The molecule has 0 saturated carbocycles. The van der Waals surface area contributed by atoms with Crippen molar-refractivity contribution in [3.05, 3.63) is 17.7 Å². The zero-order valence-corrected chi connectivity index (χ0v) is 7.77. The lowest BCUT2D eigenvalue weighted by Crippen LogP contribution is -2.26. The lowest BCUT2D eigenvalue weighted by atomic mass is 10.1. The van der Waals surface area contributed by atoms with Crippen LogP contribution in [0.1, 0.15) is 10.4 Å². The summed E-state index contributed by atoms with van der Waals surface area (Å²) in [5, 5.41) is 38.2. The molecule has 6 heteroatoms. The molecule has 0 unspecified atom stereocenters. The molecule has 1 amide bonds. The van der Waals surface area contributed by atoms with Crippen LogP contribution in [0.15, 0.2) is 12.1 Å². The molecule has 0 aliphatic heterocycles. The Morgan fingerprint density at radius 2 is 1.87 bits per heavy atom. The number of hydrogen-bond acceptors (Lipinski definition) is 5. The Morgan fingerprint density at radius 3 is 2.47 bits per heavy atom. The van der Waals surface area contributed by atoms with Gasteiger partial charge in [-0.15, -0.1) is 0 Å². The molecule has 6 nitrogen and oxygen atoms in total. The van der Waals surface area contributed by atoms with Gasteiger partial charge < -0.3 is 25.7 Å². The number of carbonyl (C=O) groups is 1. The molecule has 0 fully saturated rings. The number of hydrogen-bond donors (Lipinski definition) is 5. The lowest BCUT2D eigenvalue weighted by Gasteiger charge is -2.07. The largest absolute Gasteiger partial charge is 0.504 e. The van der Waals surface area contributed by atoms with Gasteiger partial charge in [-0.1, -0.05) is 0 Å². The van der Waals surface area contributed by atoms with E-state index in [0.29, 0.717) is 0 Å². The number of carbonyl (C=O) groups excluding carboxylic acids is 1. The summed E-state index contributed by atoms with van der Waals surface area (Å²) in [6.07, 6.45) is 0. The number of aromatic hydroxyl groups is 3. The minimum absolute atomic E-state index is 0.0416. The Bertz CT molecular complexity index is 377. The van der Waals surface area contributed by atoms with Crippen LogP contribution in [0.5, 0.6) is 17.2 Å². The first kappa shape index (κ1) is 11.1. The maximum absolute atomic E-state index is 11.3. The first-order valence-corrected chi connectivity index (χ1v) is 4.21. The Labute approximate surface area is 85.4 Å². The van der Waals surface area contributed by atoms with E-state index in [1.807, 2.05) is 0 Å². The van der Waals surface area contributed by atoms with Gasteiger partial charge in [0.05, 0.1) is 12.2 Å². The van der Waals surface area contributed by atoms with Gasteiger partial charge in [0.2, 0.25) is 5.75 Å². The van der Waals surface area contributed by atoms with Crippen LogP contribution in [0.25, 0.3) is 0 Å². The van der Waals surface area contributed by atoms with Crippen molar-refractivity contribution in [1.29, 1.82) is 0 Å². The molecule has 1 aromatic rings. The highest BCUT2D eigenvalue weighted by molar-refractivity contribution is 5.98. The average molecular weight is 213 g/mol. The van der Waals surface area contributed by atoms with Gasteiger partial charge in [0, 0.05) is 6.54 Å². The normalized spacial score (nSPS) is 9.93. The molecule has 1 aromatic carbocycles. The van der Waals surface area contributed by atoms with Crippen LogP contribution in [0.2, 0.25) is 0 Å². The monoisotopic (exact) mass is 213 g/mol. The molecule has 0 radical (unpaired) electrons. The van der Waals surface area contributed by atoms with E-state index < -0.39 is 23.2 Å². The predicted octanol–water partition coefficient (Wildman–Crippen LogP) is -0.475. The Balaban J connectivity index is 2.95. The van der Waals surface area contributed by atoms with Crippen LogP contribution < -0.4 is 5.32 Å². The smallest absolute Gasteiger partial charge is 0.255 e. The number of aliphatic hydroxyl groups excluding tert-OH is 1. The van der Waals surface area contributed by atoms with Crippen molar-refractivity contribution in [2.75, 3.05) is 13.2 Å². The summed E-state index contributed by atoms with van der Waals surface area (Å²) in [6.45, 7) is -0.184. The summed E-state index contributed by atoms with van der Waals surface area (Å²) in [5.41, 5.74) is -0.168. The van der Waals surface area contributed by atoms with Gasteiger partial charge in [0.1, 0.15) is 0 Å². The molecule has 15 heavy (non-hydrogen) atoms. The average Bonchev–Trinajstić information content (AvgIpc) is 2.23. The van der Waals surface area contributed by atoms with Crippen molar-refractivity contribution in [3.8, 4) is 17.2 Å². The van der Waals surface area contributed by atoms with Crippen molar-refractivity contribution in [2.45, 2.75) is 0 Å². The van der Waals surface area contributed by atoms with E-state index in [2.05, 4.69) is 5.32 Å². The fourth-order valence-corrected chi connectivity index (χ4v) is 1.02. The first-order chi connectivity index (χ1) is 7.07. The highest BCUT2D eigenvalue weighted by atomic mass is 16.3. The minimum Gasteiger partial charge on any atom is -0.504 e. The van der Waals surface area contributed by atoms with Gasteiger partial charge in [-0.3, -0.25) is 4.79 Å². The van der Waals surface area contributed by atoms with Gasteiger partial charge in [-0.05, 0) is 12.1 Å². The first-order valence-electron chi connectivity index (χ1n) is 4.21. The van der Waals surface area contributed by atoms with Crippen LogP contribution in [0.4, 0.5) is 0 Å². The highest BCUT2D eigenvalue weighted by Crippen LogP contribution is 2.36. The number of benzene rings is 1. The van der Waals surface area contributed by atoms with Crippen LogP contribution in [-0.4, -0.2) is 39.5 Å². The molecule has 0 saturated heterocycles. The van der Waals surface area contributed by atoms with Gasteiger partial charge in [-0.2, -0.15) is 0 Å². The second-order valence-corrected chi connectivity index (χ2v) is 2.81. The van der Waals surface area contributed by atoms with Gasteiger partial charge in [0.15, 0.2) is 11.5 Å². The van der Waals surface area contributed by atoms with Crippen molar-refractivity contribution < 1.29 is 25.2 Å². The summed E-state index contributed by atoms with van der Waals surface area (Å²) in [4.78, 5) is 11.3. The van der Waals surface area contributed by atoms with E-state index in [-0.39, 0.29) is 18.7 Å². The quantitative estimate of drug-likeness (QED) is 0.436. The maximum Gasteiger partial charge on any atom is 0.255 e. The van der Waals surface area contributed by atoms with Crippen LogP contribution in [0, 0.1) is 0 Å². The molecule has 0 aromatic heterocycles. The maximum atomic E-state index is 11.3. The zero-order valence-electron chi connectivity index (χ0n) is 7.77. The SMILES string of the molecule is O=C(NCCO)c1ccc(O)c(O)c1O. The summed E-state index contributed by atoms with van der Waals surface area (Å²) >= 11 is 0. The molecule has 1 rings (SSSR count). The van der Waals surface area contributed by atoms with E-state index in [0.717, 1.165) is 12.1 Å². The molecule has 5 N–H and O–H groups in total. The van der Waals surface area contributed by atoms with E-state index in [1.54, 1.807) is 0 Å². The van der Waals surface area contributed by atoms with Gasteiger partial charge in [0.25, 0.3) is 5.91 Å². The third-order valence-electron chi connectivity index (χ3n) is 1.77. The molecule has 0 bridgehead atoms. The summed E-state index contributed by atoms with van der Waals surface area (Å²) in [5.74, 6) is -2.58. The van der Waals surface area contributed by atoms with E-state index in [1.165, 1.54) is 0 Å². The van der Waals surface area contributed by atoms with E-state index in [9.17, 15) is 9.90 Å². The number of phenolic OH excluding ortho intramolecular Hbond substituents is 3. The van der Waals surface area contributed by atoms with Crippen LogP contribution in [-0.2, 0) is 0 Å². The van der Waals surface area contributed by atoms with Crippen molar-refractivity contribution in [1.82, 2.24) is 5.32 Å². The molecule has 0 aliphatic rings. The van der Waals surface area contributed by atoms with Gasteiger partial charge >= 0.3 is 0 Å². The fraction of sp³-hybridized carbons (Fsp3) is 0.222. The number of aliphatic hydroxyl groups is 1. The van der Waals surface area contributed by atoms with Crippen LogP contribution >= 0.6 is 0 Å². The van der Waals surface area contributed by atoms with Crippen molar-refractivity contribution in [3.63, 3.8) is 0 Å². The Hall–Kier alpha value is -1.95. The minimum atomic E-state index is -0.744. The number of amides is 1. The summed E-state index contributed by atoms with van der Waals surface area (Å²) in [6, 6.07) is 2.25. The summed E-state index contributed by atoms with van der Waals surface area (Å²) in [7, 11) is 0. The molecule has 0 aliphatic carbocycles. The number of rotatable bonds is 3. The second kappa shape index (κ2) is 4.52. The van der Waals surface area contributed by atoms with E-state index >= 15 is 0 Å². The molecular weight excluding hydrogens is 202 g/mol. The molecule has 0 atom stereocenters. The fourth-order valence-electron chi connectivity index (χ4n) is 1.02. The van der Waals surface area contributed by atoms with Crippen LogP contribution in [0.3, 0.4) is 0 Å². The van der Waals surface area contributed by atoms with Gasteiger partial charge in [-0.25, -0.2) is 0 Å². The zero-order chi connectivity index (χ0) is 11.4. The molecule has 0 spiro atoms. The lowest BCUT2D eigenvalue weighted by molar-refractivity contribution is 0.0941. The molecule has 0 heterocycles. The Morgan fingerprint density at radius 1 is 1.20 bits per heavy atom. The van der Waals surface area contributed by atoms with Crippen molar-refractivity contribution >= 4 is 5.91 Å². The van der Waals surface area contributed by atoms with E-state index in [4.69, 9.17) is 15.3 Å². The standard InChI is InChI=1S/C9H11NO5/c11-4-3-10-9(15)5-1-2-6(12)8(14)7(5)13/h1-2,11-14H,3-4H2,(H,10,15). The molecular formula is C9H11NO5. The second-order valence-electron chi connectivity index (χ2n) is 2.81. The Kier molecular flexibility index (Phi) is 3.35.